The Morgan fingerprint density at radius 3 is 2.81 bits per heavy atom. The van der Waals surface area contributed by atoms with Crippen molar-refractivity contribution >= 4 is 15.9 Å². The maximum atomic E-state index is 5.24. The minimum atomic E-state index is 0.665. The Labute approximate surface area is 105 Å². The molecule has 2 rings (SSSR count). The Morgan fingerprint density at radius 1 is 1.50 bits per heavy atom. The first-order valence-corrected chi connectivity index (χ1v) is 6.23. The van der Waals surface area contributed by atoms with Gasteiger partial charge in [-0.3, -0.25) is 4.90 Å². The predicted molar refractivity (Wildman–Crippen MR) is 68.8 cm³/mol. The van der Waals surface area contributed by atoms with Crippen molar-refractivity contribution in [3.05, 3.63) is 28.2 Å². The van der Waals surface area contributed by atoms with E-state index in [0.29, 0.717) is 6.04 Å². The first-order chi connectivity index (χ1) is 7.70. The number of hydrogen-bond acceptors (Lipinski definition) is 3. The summed E-state index contributed by atoms with van der Waals surface area (Å²) in [6.45, 7) is 3.14. The third-order valence-electron chi connectivity index (χ3n) is 3.06. The van der Waals surface area contributed by atoms with Gasteiger partial charge in [-0.15, -0.1) is 0 Å². The van der Waals surface area contributed by atoms with Crippen molar-refractivity contribution in [2.24, 2.45) is 0 Å². The molecule has 1 N–H and O–H groups in total. The second-order valence-corrected chi connectivity index (χ2v) is 5.04. The van der Waals surface area contributed by atoms with E-state index in [1.54, 1.807) is 7.11 Å². The minimum Gasteiger partial charge on any atom is -0.497 e. The number of benzene rings is 1. The Morgan fingerprint density at radius 2 is 2.25 bits per heavy atom. The molecule has 0 saturated carbocycles. The molecule has 1 heterocycles. The minimum absolute atomic E-state index is 0.665. The molecule has 0 unspecified atom stereocenters. The van der Waals surface area contributed by atoms with Gasteiger partial charge in [0.05, 0.1) is 7.11 Å². The summed E-state index contributed by atoms with van der Waals surface area (Å²) < 4.78 is 6.39. The summed E-state index contributed by atoms with van der Waals surface area (Å²) in [5.74, 6) is 0.915. The Kier molecular flexibility index (Phi) is 3.84. The first-order valence-electron chi connectivity index (χ1n) is 5.44. The van der Waals surface area contributed by atoms with Crippen molar-refractivity contribution in [1.82, 2.24) is 10.2 Å². The summed E-state index contributed by atoms with van der Waals surface area (Å²) in [5.41, 5.74) is 1.27. The van der Waals surface area contributed by atoms with Gasteiger partial charge in [-0.2, -0.15) is 0 Å². The molecular formula is C12H17BrN2O. The van der Waals surface area contributed by atoms with Gasteiger partial charge in [0.2, 0.25) is 0 Å². The van der Waals surface area contributed by atoms with Crippen molar-refractivity contribution in [3.8, 4) is 5.75 Å². The molecular weight excluding hydrogens is 268 g/mol. The highest BCUT2D eigenvalue weighted by Crippen LogP contribution is 2.24. The van der Waals surface area contributed by atoms with Crippen LogP contribution in [0.3, 0.4) is 0 Å². The van der Waals surface area contributed by atoms with Crippen LogP contribution >= 0.6 is 15.9 Å². The summed E-state index contributed by atoms with van der Waals surface area (Å²) in [5, 5.41) is 3.29. The number of methoxy groups -OCH3 is 1. The Hall–Kier alpha value is -0.580. The highest BCUT2D eigenvalue weighted by Gasteiger charge is 2.21. The largest absolute Gasteiger partial charge is 0.497 e. The molecule has 1 aromatic rings. The summed E-state index contributed by atoms with van der Waals surface area (Å²) in [6, 6.07) is 6.77. The molecule has 0 aromatic heterocycles. The van der Waals surface area contributed by atoms with Gasteiger partial charge in [0.15, 0.2) is 0 Å². The van der Waals surface area contributed by atoms with E-state index in [2.05, 4.69) is 39.3 Å². The molecule has 1 aromatic carbocycles. The van der Waals surface area contributed by atoms with Crippen LogP contribution in [0, 0.1) is 0 Å². The van der Waals surface area contributed by atoms with Gasteiger partial charge in [0.1, 0.15) is 5.75 Å². The Bertz CT molecular complexity index is 366. The average molecular weight is 285 g/mol. The highest BCUT2D eigenvalue weighted by molar-refractivity contribution is 9.10. The standard InChI is InChI=1S/C12H17BrN2O/c1-15(10-6-14-7-10)8-9-5-11(16-2)3-4-12(9)13/h3-5,10,14H,6-8H2,1-2H3. The second kappa shape index (κ2) is 5.17. The van der Waals surface area contributed by atoms with E-state index in [9.17, 15) is 0 Å². The van der Waals surface area contributed by atoms with Crippen LogP contribution in [0.25, 0.3) is 0 Å². The van der Waals surface area contributed by atoms with Crippen LogP contribution < -0.4 is 10.1 Å². The number of rotatable bonds is 4. The molecule has 0 aliphatic carbocycles. The van der Waals surface area contributed by atoms with Crippen molar-refractivity contribution in [1.29, 1.82) is 0 Å². The fraction of sp³-hybridized carbons (Fsp3) is 0.500. The first kappa shape index (κ1) is 11.9. The van der Waals surface area contributed by atoms with Crippen LogP contribution in [-0.4, -0.2) is 38.2 Å². The van der Waals surface area contributed by atoms with Crippen LogP contribution in [0.1, 0.15) is 5.56 Å². The highest BCUT2D eigenvalue weighted by atomic mass is 79.9. The molecule has 0 amide bonds. The number of halogens is 1. The number of hydrogen-bond donors (Lipinski definition) is 1. The van der Waals surface area contributed by atoms with E-state index in [1.165, 1.54) is 5.56 Å². The quantitative estimate of drug-likeness (QED) is 0.914. The molecule has 0 bridgehead atoms. The molecule has 88 valence electrons. The molecule has 0 spiro atoms. The van der Waals surface area contributed by atoms with Crippen LogP contribution in [0.4, 0.5) is 0 Å². The van der Waals surface area contributed by atoms with Crippen LogP contribution in [-0.2, 0) is 6.54 Å². The maximum absolute atomic E-state index is 5.24. The molecule has 0 atom stereocenters. The summed E-state index contributed by atoms with van der Waals surface area (Å²) in [7, 11) is 3.87. The fourth-order valence-electron chi connectivity index (χ4n) is 1.78. The molecule has 3 nitrogen and oxygen atoms in total. The van der Waals surface area contributed by atoms with E-state index in [4.69, 9.17) is 4.74 Å². The SMILES string of the molecule is COc1ccc(Br)c(CN(C)C2CNC2)c1. The lowest BCUT2D eigenvalue weighted by molar-refractivity contribution is 0.172. The fourth-order valence-corrected chi connectivity index (χ4v) is 2.15. The molecule has 1 aliphatic rings. The molecule has 4 heteroatoms. The lowest BCUT2D eigenvalue weighted by Crippen LogP contribution is -2.55. The van der Waals surface area contributed by atoms with E-state index in [1.807, 2.05) is 12.1 Å². The van der Waals surface area contributed by atoms with E-state index in [0.717, 1.165) is 29.9 Å². The smallest absolute Gasteiger partial charge is 0.119 e. The lowest BCUT2D eigenvalue weighted by Gasteiger charge is -2.35. The van der Waals surface area contributed by atoms with Gasteiger partial charge in [0.25, 0.3) is 0 Å². The zero-order chi connectivity index (χ0) is 11.5. The maximum Gasteiger partial charge on any atom is 0.119 e. The average Bonchev–Trinajstić information content (AvgIpc) is 2.18. The summed E-state index contributed by atoms with van der Waals surface area (Å²) in [4.78, 5) is 2.37. The van der Waals surface area contributed by atoms with Crippen molar-refractivity contribution in [2.45, 2.75) is 12.6 Å². The third kappa shape index (κ3) is 2.56. The molecule has 1 saturated heterocycles. The van der Waals surface area contributed by atoms with Crippen LogP contribution in [0.5, 0.6) is 5.75 Å². The number of ether oxygens (including phenoxy) is 1. The second-order valence-electron chi connectivity index (χ2n) is 4.18. The van der Waals surface area contributed by atoms with Crippen molar-refractivity contribution in [2.75, 3.05) is 27.2 Å². The van der Waals surface area contributed by atoms with E-state index < -0.39 is 0 Å². The normalized spacial score (nSPS) is 16.2. The van der Waals surface area contributed by atoms with Crippen molar-refractivity contribution in [3.63, 3.8) is 0 Å². The molecule has 1 aliphatic heterocycles. The molecule has 0 radical (unpaired) electrons. The predicted octanol–water partition coefficient (Wildman–Crippen LogP) is 1.86. The van der Waals surface area contributed by atoms with Gasteiger partial charge in [-0.25, -0.2) is 0 Å². The zero-order valence-electron chi connectivity index (χ0n) is 9.66. The van der Waals surface area contributed by atoms with E-state index in [-0.39, 0.29) is 0 Å². The molecule has 16 heavy (non-hydrogen) atoms. The van der Waals surface area contributed by atoms with Gasteiger partial charge in [-0.1, -0.05) is 15.9 Å². The number of nitrogens with one attached hydrogen (secondary N) is 1. The van der Waals surface area contributed by atoms with Gasteiger partial charge >= 0.3 is 0 Å². The zero-order valence-corrected chi connectivity index (χ0v) is 11.3. The van der Waals surface area contributed by atoms with Gasteiger partial charge < -0.3 is 10.1 Å². The summed E-state index contributed by atoms with van der Waals surface area (Å²) in [6.07, 6.45) is 0. The van der Waals surface area contributed by atoms with Gasteiger partial charge in [-0.05, 0) is 30.8 Å². The third-order valence-corrected chi connectivity index (χ3v) is 3.83. The van der Waals surface area contributed by atoms with Crippen molar-refractivity contribution < 1.29 is 4.74 Å². The topological polar surface area (TPSA) is 24.5 Å². The van der Waals surface area contributed by atoms with Gasteiger partial charge in [0, 0.05) is 30.1 Å². The molecule has 1 fully saturated rings. The lowest BCUT2D eigenvalue weighted by atomic mass is 10.1. The van der Waals surface area contributed by atoms with Crippen LogP contribution in [0.2, 0.25) is 0 Å². The monoisotopic (exact) mass is 284 g/mol. The number of nitrogens with zero attached hydrogens (tertiary/aromatic N) is 1. The van der Waals surface area contributed by atoms with Crippen LogP contribution in [0.15, 0.2) is 22.7 Å². The number of likely N-dealkylation sites (N-methyl/N-ethyl adjacent to an activating group) is 1. The van der Waals surface area contributed by atoms with E-state index >= 15 is 0 Å². The Balaban J connectivity index is 2.06. The summed E-state index contributed by atoms with van der Waals surface area (Å²) >= 11 is 3.58.